The van der Waals surface area contributed by atoms with Gasteiger partial charge in [-0.3, -0.25) is 0 Å². The molecule has 0 aromatic heterocycles. The molecule has 1 aliphatic rings. The van der Waals surface area contributed by atoms with Gasteiger partial charge < -0.3 is 9.84 Å². The van der Waals surface area contributed by atoms with Crippen molar-refractivity contribution < 1.29 is 9.84 Å². The van der Waals surface area contributed by atoms with Gasteiger partial charge in [0.1, 0.15) is 0 Å². The van der Waals surface area contributed by atoms with Gasteiger partial charge in [0.15, 0.2) is 0 Å². The monoisotopic (exact) mass is 298 g/mol. The minimum atomic E-state index is -0.258. The summed E-state index contributed by atoms with van der Waals surface area (Å²) in [5.74, 6) is 0. The van der Waals surface area contributed by atoms with E-state index in [1.807, 2.05) is 0 Å². The molecule has 0 aromatic carbocycles. The molecule has 0 heterocycles. The molecule has 1 saturated carbocycles. The van der Waals surface area contributed by atoms with E-state index in [1.165, 1.54) is 64.2 Å². The highest BCUT2D eigenvalue weighted by Gasteiger charge is 2.38. The van der Waals surface area contributed by atoms with Crippen LogP contribution in [0.1, 0.15) is 104 Å². The molecule has 1 rings (SSSR count). The third-order valence-electron chi connectivity index (χ3n) is 5.07. The van der Waals surface area contributed by atoms with Crippen molar-refractivity contribution in [2.24, 2.45) is 0 Å². The average Bonchev–Trinajstić information content (AvgIpc) is 2.73. The summed E-state index contributed by atoms with van der Waals surface area (Å²) in [5, 5.41) is 10.7. The Bertz CT molecular complexity index is 232. The van der Waals surface area contributed by atoms with Crippen LogP contribution in [-0.2, 0) is 4.74 Å². The molecule has 1 aliphatic carbocycles. The lowest BCUT2D eigenvalue weighted by Crippen LogP contribution is -2.44. The van der Waals surface area contributed by atoms with Crippen LogP contribution in [0.15, 0.2) is 0 Å². The van der Waals surface area contributed by atoms with Crippen molar-refractivity contribution in [3.8, 4) is 0 Å². The Morgan fingerprint density at radius 1 is 0.857 bits per heavy atom. The molecule has 0 aromatic rings. The van der Waals surface area contributed by atoms with Crippen LogP contribution in [0.3, 0.4) is 0 Å². The molecule has 0 saturated heterocycles. The molecule has 1 atom stereocenters. The van der Waals surface area contributed by atoms with E-state index in [9.17, 15) is 5.11 Å². The SMILES string of the molecule is CCCCCCCCCC(O)C1(OCC)CCCCCC1. The van der Waals surface area contributed by atoms with Gasteiger partial charge in [0.2, 0.25) is 0 Å². The minimum Gasteiger partial charge on any atom is -0.390 e. The number of aliphatic hydroxyl groups excluding tert-OH is 1. The van der Waals surface area contributed by atoms with E-state index in [2.05, 4.69) is 13.8 Å². The van der Waals surface area contributed by atoms with Gasteiger partial charge in [0.25, 0.3) is 0 Å². The molecule has 1 N–H and O–H groups in total. The molecular weight excluding hydrogens is 260 g/mol. The fraction of sp³-hybridized carbons (Fsp3) is 1.00. The number of hydrogen-bond acceptors (Lipinski definition) is 2. The van der Waals surface area contributed by atoms with Gasteiger partial charge in [0, 0.05) is 6.61 Å². The summed E-state index contributed by atoms with van der Waals surface area (Å²) in [6.45, 7) is 5.05. The average molecular weight is 299 g/mol. The second-order valence-electron chi connectivity index (χ2n) is 6.84. The highest BCUT2D eigenvalue weighted by Crippen LogP contribution is 2.35. The topological polar surface area (TPSA) is 29.5 Å². The first-order valence-electron chi connectivity index (χ1n) is 9.57. The van der Waals surface area contributed by atoms with Gasteiger partial charge in [-0.1, -0.05) is 77.6 Å². The molecule has 2 nitrogen and oxygen atoms in total. The quantitative estimate of drug-likeness (QED) is 0.396. The predicted molar refractivity (Wildman–Crippen MR) is 90.7 cm³/mol. The molecule has 0 bridgehead atoms. The summed E-state index contributed by atoms with van der Waals surface area (Å²) in [7, 11) is 0. The smallest absolute Gasteiger partial charge is 0.0939 e. The van der Waals surface area contributed by atoms with Gasteiger partial charge in [-0.2, -0.15) is 0 Å². The lowest BCUT2D eigenvalue weighted by Gasteiger charge is -2.37. The molecule has 21 heavy (non-hydrogen) atoms. The first kappa shape index (κ1) is 19.0. The standard InChI is InChI=1S/C19H38O2/c1-3-5-6-7-8-9-12-15-18(20)19(21-4-2)16-13-10-11-14-17-19/h18,20H,3-17H2,1-2H3. The first-order chi connectivity index (χ1) is 10.2. The Labute approximate surface area is 132 Å². The number of rotatable bonds is 11. The second-order valence-corrected chi connectivity index (χ2v) is 6.84. The summed E-state index contributed by atoms with van der Waals surface area (Å²) in [6, 6.07) is 0. The third kappa shape index (κ3) is 7.15. The Morgan fingerprint density at radius 2 is 1.43 bits per heavy atom. The molecule has 2 heteroatoms. The molecule has 0 aliphatic heterocycles. The van der Waals surface area contributed by atoms with E-state index in [1.54, 1.807) is 0 Å². The van der Waals surface area contributed by atoms with Crippen molar-refractivity contribution in [2.75, 3.05) is 6.61 Å². The van der Waals surface area contributed by atoms with Gasteiger partial charge in [-0.15, -0.1) is 0 Å². The van der Waals surface area contributed by atoms with Crippen LogP contribution in [0, 0.1) is 0 Å². The normalized spacial score (nSPS) is 20.1. The van der Waals surface area contributed by atoms with Crippen LogP contribution < -0.4 is 0 Å². The van der Waals surface area contributed by atoms with Crippen molar-refractivity contribution in [3.05, 3.63) is 0 Å². The highest BCUT2D eigenvalue weighted by molar-refractivity contribution is 4.90. The van der Waals surface area contributed by atoms with E-state index < -0.39 is 0 Å². The Morgan fingerprint density at radius 3 is 2.00 bits per heavy atom. The maximum Gasteiger partial charge on any atom is 0.0939 e. The van der Waals surface area contributed by atoms with Gasteiger partial charge in [-0.25, -0.2) is 0 Å². The van der Waals surface area contributed by atoms with E-state index >= 15 is 0 Å². The van der Waals surface area contributed by atoms with E-state index in [0.29, 0.717) is 0 Å². The zero-order chi connectivity index (χ0) is 15.4. The van der Waals surface area contributed by atoms with Crippen LogP contribution in [0.25, 0.3) is 0 Å². The Kier molecular flexibility index (Phi) is 10.4. The van der Waals surface area contributed by atoms with Crippen molar-refractivity contribution in [1.82, 2.24) is 0 Å². The maximum atomic E-state index is 10.7. The van der Waals surface area contributed by atoms with Crippen LogP contribution in [-0.4, -0.2) is 23.4 Å². The van der Waals surface area contributed by atoms with Crippen LogP contribution >= 0.6 is 0 Å². The number of unbranched alkanes of at least 4 members (excludes halogenated alkanes) is 6. The minimum absolute atomic E-state index is 0.229. The molecule has 0 spiro atoms. The van der Waals surface area contributed by atoms with Gasteiger partial charge in [0.05, 0.1) is 11.7 Å². The predicted octanol–water partition coefficient (Wildman–Crippen LogP) is 5.62. The Hall–Kier alpha value is -0.0800. The van der Waals surface area contributed by atoms with Crippen molar-refractivity contribution in [3.63, 3.8) is 0 Å². The lowest BCUT2D eigenvalue weighted by molar-refractivity contribution is -0.131. The summed E-state index contributed by atoms with van der Waals surface area (Å²) in [6.07, 6.45) is 17.0. The molecule has 126 valence electrons. The van der Waals surface area contributed by atoms with E-state index in [-0.39, 0.29) is 11.7 Å². The zero-order valence-electron chi connectivity index (χ0n) is 14.5. The second kappa shape index (κ2) is 11.5. The van der Waals surface area contributed by atoms with Crippen molar-refractivity contribution in [1.29, 1.82) is 0 Å². The number of hydrogen-bond donors (Lipinski definition) is 1. The fourth-order valence-electron chi connectivity index (χ4n) is 3.75. The summed E-state index contributed by atoms with van der Waals surface area (Å²) in [5.41, 5.74) is -0.229. The van der Waals surface area contributed by atoms with Gasteiger partial charge in [-0.05, 0) is 26.2 Å². The van der Waals surface area contributed by atoms with Crippen LogP contribution in [0.5, 0.6) is 0 Å². The third-order valence-corrected chi connectivity index (χ3v) is 5.07. The summed E-state index contributed by atoms with van der Waals surface area (Å²) in [4.78, 5) is 0. The summed E-state index contributed by atoms with van der Waals surface area (Å²) >= 11 is 0. The zero-order valence-corrected chi connectivity index (χ0v) is 14.5. The maximum absolute atomic E-state index is 10.7. The van der Waals surface area contributed by atoms with Crippen molar-refractivity contribution >= 4 is 0 Å². The van der Waals surface area contributed by atoms with E-state index in [4.69, 9.17) is 4.74 Å². The summed E-state index contributed by atoms with van der Waals surface area (Å²) < 4.78 is 6.07. The lowest BCUT2D eigenvalue weighted by atomic mass is 9.85. The fourth-order valence-corrected chi connectivity index (χ4v) is 3.75. The van der Waals surface area contributed by atoms with Crippen molar-refractivity contribution in [2.45, 2.75) is 115 Å². The van der Waals surface area contributed by atoms with Gasteiger partial charge >= 0.3 is 0 Å². The molecule has 1 unspecified atom stereocenters. The molecular formula is C19H38O2. The highest BCUT2D eigenvalue weighted by atomic mass is 16.5. The molecule has 0 radical (unpaired) electrons. The largest absolute Gasteiger partial charge is 0.390 e. The number of aliphatic hydroxyl groups is 1. The van der Waals surface area contributed by atoms with E-state index in [0.717, 1.165) is 32.3 Å². The van der Waals surface area contributed by atoms with Crippen LogP contribution in [0.4, 0.5) is 0 Å². The molecule has 0 amide bonds. The Balaban J connectivity index is 2.27. The molecule has 1 fully saturated rings. The van der Waals surface area contributed by atoms with Crippen LogP contribution in [0.2, 0.25) is 0 Å². The first-order valence-corrected chi connectivity index (χ1v) is 9.57. The number of ether oxygens (including phenoxy) is 1.